The minimum Gasteiger partial charge on any atom is -0.497 e. The zero-order valence-corrected chi connectivity index (χ0v) is 19.1. The lowest BCUT2D eigenvalue weighted by molar-refractivity contribution is -0.122. The summed E-state index contributed by atoms with van der Waals surface area (Å²) >= 11 is 0. The third-order valence-electron chi connectivity index (χ3n) is 4.92. The van der Waals surface area contributed by atoms with Crippen molar-refractivity contribution in [1.29, 1.82) is 0 Å². The van der Waals surface area contributed by atoms with Gasteiger partial charge in [-0.2, -0.15) is 0 Å². The zero-order chi connectivity index (χ0) is 23.8. The number of carbonyl (C=O) groups is 2. The summed E-state index contributed by atoms with van der Waals surface area (Å²) < 4.78 is 32.9. The van der Waals surface area contributed by atoms with Gasteiger partial charge in [0.1, 0.15) is 5.75 Å². The van der Waals surface area contributed by atoms with E-state index in [-0.39, 0.29) is 28.7 Å². The molecule has 3 aromatic rings. The van der Waals surface area contributed by atoms with Gasteiger partial charge in [-0.1, -0.05) is 43.3 Å². The number of rotatable bonds is 8. The van der Waals surface area contributed by atoms with Crippen molar-refractivity contribution in [3.05, 3.63) is 90.0 Å². The van der Waals surface area contributed by atoms with E-state index in [0.29, 0.717) is 11.4 Å². The van der Waals surface area contributed by atoms with Gasteiger partial charge < -0.3 is 4.74 Å². The lowest BCUT2D eigenvalue weighted by Crippen LogP contribution is -2.42. The number of carbonyl (C=O) groups excluding carboxylic acids is 2. The van der Waals surface area contributed by atoms with Crippen molar-refractivity contribution in [3.8, 4) is 5.75 Å². The average molecular weight is 468 g/mol. The molecule has 0 saturated carbocycles. The quantitative estimate of drug-likeness (QED) is 0.439. The maximum Gasteiger partial charge on any atom is 0.269 e. The number of nitrogens with one attached hydrogen (secondary N) is 3. The second-order valence-electron chi connectivity index (χ2n) is 7.38. The zero-order valence-electron chi connectivity index (χ0n) is 18.2. The average Bonchev–Trinajstić information content (AvgIpc) is 2.83. The standard InChI is InChI=1S/C24H25N3O5S/c1-17(18-7-4-3-5-8-18)15-23(28)25-26-24(29)19-9-6-10-22(16-19)33(30,31)27-20-11-13-21(32-2)14-12-20/h3-14,16-17,27H,15H2,1-2H3,(H,25,28)(H,26,29). The topological polar surface area (TPSA) is 114 Å². The van der Waals surface area contributed by atoms with Crippen molar-refractivity contribution >= 4 is 27.5 Å². The van der Waals surface area contributed by atoms with Crippen LogP contribution in [0.1, 0.15) is 35.2 Å². The Kier molecular flexibility index (Phi) is 7.68. The van der Waals surface area contributed by atoms with Crippen molar-refractivity contribution < 1.29 is 22.7 Å². The summed E-state index contributed by atoms with van der Waals surface area (Å²) in [5, 5.41) is 0. The summed E-state index contributed by atoms with van der Waals surface area (Å²) in [6, 6.07) is 21.5. The summed E-state index contributed by atoms with van der Waals surface area (Å²) in [6.45, 7) is 1.92. The number of anilines is 1. The molecule has 3 aromatic carbocycles. The van der Waals surface area contributed by atoms with E-state index in [1.54, 1.807) is 24.3 Å². The maximum atomic E-state index is 12.7. The fourth-order valence-corrected chi connectivity index (χ4v) is 4.21. The third-order valence-corrected chi connectivity index (χ3v) is 6.30. The number of methoxy groups -OCH3 is 1. The smallest absolute Gasteiger partial charge is 0.269 e. The van der Waals surface area contributed by atoms with Crippen LogP contribution in [0.25, 0.3) is 0 Å². The van der Waals surface area contributed by atoms with Gasteiger partial charge in [0.15, 0.2) is 0 Å². The van der Waals surface area contributed by atoms with Crippen molar-refractivity contribution in [2.75, 3.05) is 11.8 Å². The monoisotopic (exact) mass is 467 g/mol. The highest BCUT2D eigenvalue weighted by Crippen LogP contribution is 2.20. The third kappa shape index (κ3) is 6.56. The fraction of sp³-hybridized carbons (Fsp3) is 0.167. The Hall–Kier alpha value is -3.85. The van der Waals surface area contributed by atoms with Crippen LogP contribution in [0.2, 0.25) is 0 Å². The Morgan fingerprint density at radius 1 is 0.909 bits per heavy atom. The number of sulfonamides is 1. The van der Waals surface area contributed by atoms with Crippen LogP contribution >= 0.6 is 0 Å². The molecule has 0 bridgehead atoms. The molecule has 3 rings (SSSR count). The second-order valence-corrected chi connectivity index (χ2v) is 9.06. The first kappa shape index (κ1) is 23.8. The van der Waals surface area contributed by atoms with Gasteiger partial charge in [-0.25, -0.2) is 8.42 Å². The molecule has 3 N–H and O–H groups in total. The predicted molar refractivity (Wildman–Crippen MR) is 125 cm³/mol. The lowest BCUT2D eigenvalue weighted by Gasteiger charge is -2.13. The van der Waals surface area contributed by atoms with Crippen LogP contribution in [0.4, 0.5) is 5.69 Å². The van der Waals surface area contributed by atoms with E-state index >= 15 is 0 Å². The number of hydrogen-bond acceptors (Lipinski definition) is 5. The molecule has 0 saturated heterocycles. The van der Waals surface area contributed by atoms with Gasteiger partial charge in [-0.3, -0.25) is 25.2 Å². The number of ether oxygens (including phenoxy) is 1. The van der Waals surface area contributed by atoms with Crippen LogP contribution in [0.15, 0.2) is 83.8 Å². The highest BCUT2D eigenvalue weighted by Gasteiger charge is 2.17. The maximum absolute atomic E-state index is 12.7. The Morgan fingerprint density at radius 2 is 1.61 bits per heavy atom. The SMILES string of the molecule is COc1ccc(NS(=O)(=O)c2cccc(C(=O)NNC(=O)CC(C)c3ccccc3)c2)cc1. The molecule has 0 spiro atoms. The normalized spacial score (nSPS) is 11.8. The lowest BCUT2D eigenvalue weighted by atomic mass is 9.98. The number of hydrazine groups is 1. The van der Waals surface area contributed by atoms with E-state index in [2.05, 4.69) is 15.6 Å². The molecule has 8 nitrogen and oxygen atoms in total. The van der Waals surface area contributed by atoms with Crippen molar-refractivity contribution in [2.45, 2.75) is 24.2 Å². The Balaban J connectivity index is 1.60. The molecule has 0 aliphatic rings. The van der Waals surface area contributed by atoms with Crippen LogP contribution in [0.5, 0.6) is 5.75 Å². The van der Waals surface area contributed by atoms with Gasteiger partial charge in [0.25, 0.3) is 15.9 Å². The largest absolute Gasteiger partial charge is 0.497 e. The van der Waals surface area contributed by atoms with E-state index in [0.717, 1.165) is 5.56 Å². The Morgan fingerprint density at radius 3 is 2.27 bits per heavy atom. The van der Waals surface area contributed by atoms with Gasteiger partial charge in [0, 0.05) is 17.7 Å². The minimum absolute atomic E-state index is 0.0272. The molecule has 9 heteroatoms. The Labute approximate surface area is 193 Å². The molecule has 1 unspecified atom stereocenters. The molecule has 0 aliphatic carbocycles. The summed E-state index contributed by atoms with van der Waals surface area (Å²) in [4.78, 5) is 24.6. The molecule has 172 valence electrons. The van der Waals surface area contributed by atoms with Gasteiger partial charge in [0.05, 0.1) is 12.0 Å². The molecule has 0 aliphatic heterocycles. The van der Waals surface area contributed by atoms with Crippen molar-refractivity contribution in [3.63, 3.8) is 0 Å². The number of benzene rings is 3. The van der Waals surface area contributed by atoms with Crippen LogP contribution < -0.4 is 20.3 Å². The van der Waals surface area contributed by atoms with E-state index in [1.165, 1.54) is 31.4 Å². The minimum atomic E-state index is -3.92. The molecule has 2 amide bonds. The van der Waals surface area contributed by atoms with Crippen molar-refractivity contribution in [1.82, 2.24) is 10.9 Å². The molecule has 1 atom stereocenters. The van der Waals surface area contributed by atoms with Crippen molar-refractivity contribution in [2.24, 2.45) is 0 Å². The molecule has 33 heavy (non-hydrogen) atoms. The molecular weight excluding hydrogens is 442 g/mol. The van der Waals surface area contributed by atoms with Gasteiger partial charge in [-0.15, -0.1) is 0 Å². The van der Waals surface area contributed by atoms with Crippen LogP contribution in [-0.4, -0.2) is 27.3 Å². The summed E-state index contributed by atoms with van der Waals surface area (Å²) in [6.07, 6.45) is 0.185. The first-order chi connectivity index (χ1) is 15.8. The number of amides is 2. The van der Waals surface area contributed by atoms with Crippen LogP contribution in [-0.2, 0) is 14.8 Å². The van der Waals surface area contributed by atoms with Crippen LogP contribution in [0.3, 0.4) is 0 Å². The van der Waals surface area contributed by atoms with Crippen LogP contribution in [0, 0.1) is 0 Å². The highest BCUT2D eigenvalue weighted by molar-refractivity contribution is 7.92. The molecular formula is C24H25N3O5S. The molecule has 0 heterocycles. The fourth-order valence-electron chi connectivity index (χ4n) is 3.10. The predicted octanol–water partition coefficient (Wildman–Crippen LogP) is 3.45. The first-order valence-electron chi connectivity index (χ1n) is 10.2. The van der Waals surface area contributed by atoms with Gasteiger partial charge in [0.2, 0.25) is 5.91 Å². The molecule has 0 radical (unpaired) electrons. The summed E-state index contributed by atoms with van der Waals surface area (Å²) in [5.41, 5.74) is 6.16. The molecule has 0 fully saturated rings. The molecule has 0 aromatic heterocycles. The van der Waals surface area contributed by atoms with Gasteiger partial charge >= 0.3 is 0 Å². The van der Waals surface area contributed by atoms with E-state index in [9.17, 15) is 18.0 Å². The Bertz CT molecular complexity index is 1210. The van der Waals surface area contributed by atoms with E-state index < -0.39 is 15.9 Å². The number of hydrogen-bond donors (Lipinski definition) is 3. The summed E-state index contributed by atoms with van der Waals surface area (Å²) in [7, 11) is -2.41. The first-order valence-corrected chi connectivity index (χ1v) is 11.7. The van der Waals surface area contributed by atoms with E-state index in [4.69, 9.17) is 4.74 Å². The van der Waals surface area contributed by atoms with E-state index in [1.807, 2.05) is 37.3 Å². The second kappa shape index (κ2) is 10.6. The highest BCUT2D eigenvalue weighted by atomic mass is 32.2. The van der Waals surface area contributed by atoms with Gasteiger partial charge in [-0.05, 0) is 53.9 Å². The summed E-state index contributed by atoms with van der Waals surface area (Å²) in [5.74, 6) is -0.417.